The lowest BCUT2D eigenvalue weighted by Crippen LogP contribution is -2.02. The van der Waals surface area contributed by atoms with E-state index in [4.69, 9.17) is 15.0 Å². The molecule has 290 valence electrons. The minimum Gasteiger partial charge on any atom is -0.309 e. The highest BCUT2D eigenvalue weighted by molar-refractivity contribution is 6.13. The molecule has 0 aliphatic rings. The van der Waals surface area contributed by atoms with Gasteiger partial charge in [-0.25, -0.2) is 15.0 Å². The fraction of sp³-hybridized carbons (Fsp3) is 0. The van der Waals surface area contributed by atoms with E-state index < -0.39 is 0 Å². The van der Waals surface area contributed by atoms with Crippen LogP contribution in [0.4, 0.5) is 0 Å². The lowest BCUT2D eigenvalue weighted by atomic mass is 9.99. The van der Waals surface area contributed by atoms with Crippen LogP contribution >= 0.6 is 0 Å². The van der Waals surface area contributed by atoms with Crippen LogP contribution in [0.1, 0.15) is 0 Å². The number of nitrogens with zero attached hydrogens (tertiary/aromatic N) is 5. The van der Waals surface area contributed by atoms with Crippen molar-refractivity contribution in [1.29, 1.82) is 0 Å². The summed E-state index contributed by atoms with van der Waals surface area (Å²) in [5, 5.41) is 4.88. The highest BCUT2D eigenvalue weighted by atomic mass is 15.0. The molecule has 0 fully saturated rings. The van der Waals surface area contributed by atoms with Gasteiger partial charge in [-0.3, -0.25) is 0 Å². The van der Waals surface area contributed by atoms with E-state index in [-0.39, 0.29) is 0 Å². The Bertz CT molecular complexity index is 3550. The summed E-state index contributed by atoms with van der Waals surface area (Å²) in [6.07, 6.45) is 0. The van der Waals surface area contributed by atoms with Gasteiger partial charge in [0.15, 0.2) is 17.5 Å². The monoisotopic (exact) mass is 791 g/mol. The third-order valence-corrected chi connectivity index (χ3v) is 12.0. The minimum absolute atomic E-state index is 0.622. The number of para-hydroxylation sites is 3. The van der Waals surface area contributed by atoms with E-state index >= 15 is 0 Å². The van der Waals surface area contributed by atoms with Crippen molar-refractivity contribution in [3.05, 3.63) is 224 Å². The van der Waals surface area contributed by atoms with Gasteiger partial charge in [-0.05, 0) is 83.4 Å². The fourth-order valence-electron chi connectivity index (χ4n) is 9.08. The second kappa shape index (κ2) is 14.7. The summed E-state index contributed by atoms with van der Waals surface area (Å²) < 4.78 is 4.78. The molecule has 12 aromatic rings. The highest BCUT2D eigenvalue weighted by Gasteiger charge is 2.20. The summed E-state index contributed by atoms with van der Waals surface area (Å²) >= 11 is 0. The zero-order valence-corrected chi connectivity index (χ0v) is 33.6. The molecule has 5 heteroatoms. The van der Waals surface area contributed by atoms with Gasteiger partial charge in [0.2, 0.25) is 0 Å². The van der Waals surface area contributed by atoms with Crippen molar-refractivity contribution < 1.29 is 0 Å². The third-order valence-electron chi connectivity index (χ3n) is 12.0. The maximum atomic E-state index is 5.09. The lowest BCUT2D eigenvalue weighted by molar-refractivity contribution is 1.07. The molecule has 62 heavy (non-hydrogen) atoms. The maximum Gasteiger partial charge on any atom is 0.164 e. The normalized spacial score (nSPS) is 11.5. The van der Waals surface area contributed by atoms with Crippen molar-refractivity contribution in [2.75, 3.05) is 0 Å². The molecule has 0 atom stereocenters. The van der Waals surface area contributed by atoms with Crippen molar-refractivity contribution in [1.82, 2.24) is 24.1 Å². The van der Waals surface area contributed by atoms with Crippen molar-refractivity contribution >= 4 is 43.6 Å². The van der Waals surface area contributed by atoms with Crippen LogP contribution in [0.5, 0.6) is 0 Å². The summed E-state index contributed by atoms with van der Waals surface area (Å²) in [6, 6.07) is 79.4. The lowest BCUT2D eigenvalue weighted by Gasteiger charge is -2.16. The van der Waals surface area contributed by atoms with Crippen LogP contribution < -0.4 is 0 Å². The fourth-order valence-corrected chi connectivity index (χ4v) is 9.08. The quantitative estimate of drug-likeness (QED) is 0.162. The third kappa shape index (κ3) is 5.98. The summed E-state index contributed by atoms with van der Waals surface area (Å²) in [4.78, 5) is 15.1. The van der Waals surface area contributed by atoms with Gasteiger partial charge in [-0.1, -0.05) is 158 Å². The first-order chi connectivity index (χ1) is 30.7. The van der Waals surface area contributed by atoms with Crippen LogP contribution in [0, 0.1) is 0 Å². The molecule has 3 aromatic heterocycles. The van der Waals surface area contributed by atoms with Gasteiger partial charge < -0.3 is 9.13 Å². The Morgan fingerprint density at radius 3 is 1.21 bits per heavy atom. The van der Waals surface area contributed by atoms with Crippen LogP contribution in [0.3, 0.4) is 0 Å². The van der Waals surface area contributed by atoms with Gasteiger partial charge in [0.1, 0.15) is 0 Å². The summed E-state index contributed by atoms with van der Waals surface area (Å²) in [6.45, 7) is 0. The molecular formula is C57H37N5. The molecule has 0 aliphatic heterocycles. The number of hydrogen-bond acceptors (Lipinski definition) is 3. The molecule has 0 N–H and O–H groups in total. The molecule has 0 saturated heterocycles. The van der Waals surface area contributed by atoms with E-state index in [0.717, 1.165) is 50.2 Å². The van der Waals surface area contributed by atoms with E-state index in [0.29, 0.717) is 17.5 Å². The molecule has 0 saturated carbocycles. The van der Waals surface area contributed by atoms with Crippen molar-refractivity contribution in [2.24, 2.45) is 0 Å². The smallest absolute Gasteiger partial charge is 0.164 e. The molecule has 12 rings (SSSR count). The Labute approximate surface area is 358 Å². The van der Waals surface area contributed by atoms with Gasteiger partial charge in [0.05, 0.1) is 27.8 Å². The van der Waals surface area contributed by atoms with Crippen LogP contribution in [0.2, 0.25) is 0 Å². The summed E-state index contributed by atoms with van der Waals surface area (Å²) in [5.41, 5.74) is 14.3. The molecule has 5 nitrogen and oxygen atoms in total. The van der Waals surface area contributed by atoms with Gasteiger partial charge in [-0.15, -0.1) is 0 Å². The highest BCUT2D eigenvalue weighted by Crippen LogP contribution is 2.41. The molecule has 0 unspecified atom stereocenters. The summed E-state index contributed by atoms with van der Waals surface area (Å²) in [7, 11) is 0. The molecule has 0 radical (unpaired) electrons. The average molecular weight is 792 g/mol. The zero-order valence-electron chi connectivity index (χ0n) is 33.6. The molecular weight excluding hydrogens is 755 g/mol. The van der Waals surface area contributed by atoms with E-state index in [1.165, 1.54) is 43.7 Å². The van der Waals surface area contributed by atoms with Crippen LogP contribution in [-0.4, -0.2) is 24.1 Å². The van der Waals surface area contributed by atoms with Gasteiger partial charge in [-0.2, -0.15) is 0 Å². The molecule has 0 amide bonds. The Balaban J connectivity index is 1.03. The molecule has 9 aromatic carbocycles. The first-order valence-electron chi connectivity index (χ1n) is 20.9. The topological polar surface area (TPSA) is 48.5 Å². The first-order valence-corrected chi connectivity index (χ1v) is 20.9. The van der Waals surface area contributed by atoms with E-state index in [9.17, 15) is 0 Å². The molecule has 0 bridgehead atoms. The Morgan fingerprint density at radius 2 is 0.661 bits per heavy atom. The minimum atomic E-state index is 0.622. The molecule has 0 aliphatic carbocycles. The Morgan fingerprint density at radius 1 is 0.258 bits per heavy atom. The molecule has 3 heterocycles. The zero-order chi connectivity index (χ0) is 41.0. The predicted octanol–water partition coefficient (Wildman–Crippen LogP) is 14.4. The first kappa shape index (κ1) is 35.5. The van der Waals surface area contributed by atoms with Crippen LogP contribution in [0.15, 0.2) is 224 Å². The standard InChI is InChI=1S/C57H37N5/c1-5-17-38(18-6-1)47-37-43(57-59-55(39-19-7-2-8-20-39)58-56(60-57)40-21-9-3-10-22-40)31-34-52(47)62-51-28-16-14-26-46(51)49-36-42(30-33-54(49)62)41-29-32-53-48(35-41)45-25-13-15-27-50(45)61(53)44-23-11-4-12-24-44/h1-37H. The number of rotatable bonds is 7. The van der Waals surface area contributed by atoms with Gasteiger partial charge in [0.25, 0.3) is 0 Å². The average Bonchev–Trinajstić information content (AvgIpc) is 3.87. The molecule has 0 spiro atoms. The van der Waals surface area contributed by atoms with E-state index in [1.807, 2.05) is 60.7 Å². The van der Waals surface area contributed by atoms with E-state index in [1.54, 1.807) is 0 Å². The Hall–Kier alpha value is -8.41. The second-order valence-corrected chi connectivity index (χ2v) is 15.6. The van der Waals surface area contributed by atoms with E-state index in [2.05, 4.69) is 173 Å². The summed E-state index contributed by atoms with van der Waals surface area (Å²) in [5.74, 6) is 1.90. The number of hydrogen-bond donors (Lipinski definition) is 0. The van der Waals surface area contributed by atoms with Crippen LogP contribution in [0.25, 0.3) is 111 Å². The number of benzene rings is 9. The van der Waals surface area contributed by atoms with Gasteiger partial charge >= 0.3 is 0 Å². The van der Waals surface area contributed by atoms with Crippen molar-refractivity contribution in [3.63, 3.8) is 0 Å². The van der Waals surface area contributed by atoms with Crippen molar-refractivity contribution in [2.45, 2.75) is 0 Å². The van der Waals surface area contributed by atoms with Gasteiger partial charge in [0, 0.05) is 49.5 Å². The Kier molecular flexibility index (Phi) is 8.42. The number of fused-ring (bicyclic) bond motifs is 6. The van der Waals surface area contributed by atoms with Crippen LogP contribution in [-0.2, 0) is 0 Å². The van der Waals surface area contributed by atoms with Crippen molar-refractivity contribution in [3.8, 4) is 67.8 Å². The number of aromatic nitrogens is 5. The SMILES string of the molecule is c1ccc(-c2nc(-c3ccccc3)nc(-c3ccc(-n4c5ccccc5c5cc(-c6ccc7c(c6)c6ccccc6n7-c6ccccc6)ccc54)c(-c4ccccc4)c3)n2)cc1. The predicted molar refractivity (Wildman–Crippen MR) is 256 cm³/mol. The second-order valence-electron chi connectivity index (χ2n) is 15.6. The largest absolute Gasteiger partial charge is 0.309 e. The maximum absolute atomic E-state index is 5.09.